The molecule has 1 aliphatic carbocycles. The first-order chi connectivity index (χ1) is 18.2. The summed E-state index contributed by atoms with van der Waals surface area (Å²) in [7, 11) is 1.90. The van der Waals surface area contributed by atoms with Gasteiger partial charge in [0, 0.05) is 42.9 Å². The van der Waals surface area contributed by atoms with Gasteiger partial charge in [0.2, 0.25) is 0 Å². The Hall–Kier alpha value is -3.81. The summed E-state index contributed by atoms with van der Waals surface area (Å²) in [5.74, 6) is 0.00233. The van der Waals surface area contributed by atoms with Crippen LogP contribution < -0.4 is 10.6 Å². The minimum atomic E-state index is -0.297. The Morgan fingerprint density at radius 3 is 2.39 bits per heavy atom. The molecule has 2 amide bonds. The summed E-state index contributed by atoms with van der Waals surface area (Å²) in [6.07, 6.45) is 15.4. The van der Waals surface area contributed by atoms with Gasteiger partial charge in [-0.2, -0.15) is 5.10 Å². The molecule has 8 heteroatoms. The number of pyridine rings is 2. The number of rotatable bonds is 8. The highest BCUT2D eigenvalue weighted by atomic mass is 16.2. The molecule has 200 valence electrons. The second kappa shape index (κ2) is 12.2. The van der Waals surface area contributed by atoms with Gasteiger partial charge in [-0.25, -0.2) is 0 Å². The van der Waals surface area contributed by atoms with Crippen LogP contribution in [0.2, 0.25) is 0 Å². The molecule has 1 aliphatic rings. The average Bonchev–Trinajstić information content (AvgIpc) is 3.33. The van der Waals surface area contributed by atoms with Crippen molar-refractivity contribution >= 4 is 29.2 Å². The van der Waals surface area contributed by atoms with Gasteiger partial charge in [-0.15, -0.1) is 0 Å². The van der Waals surface area contributed by atoms with E-state index in [2.05, 4.69) is 45.6 Å². The molecule has 3 heterocycles. The highest BCUT2D eigenvalue weighted by Gasteiger charge is 2.24. The van der Waals surface area contributed by atoms with Crippen molar-refractivity contribution in [2.75, 3.05) is 5.32 Å². The van der Waals surface area contributed by atoms with Gasteiger partial charge in [-0.3, -0.25) is 24.2 Å². The Labute approximate surface area is 225 Å². The standard InChI is InChI=1S/C30H38N6O2/c1-6-9-22(26-17-33-36(5)18-26)12-23-13-24(15-31-20(23)3)29(37)35-28-14-25(16-32-21(28)4)30(38)34-27-11-8-7-10-19(27)2/h12-19,27H,6-11H2,1-5H3,(H,34,38)(H,35,37)/b22-12+. The third-order valence-electron chi connectivity index (χ3n) is 7.34. The molecule has 0 saturated heterocycles. The molecule has 0 aliphatic heterocycles. The lowest BCUT2D eigenvalue weighted by atomic mass is 9.86. The van der Waals surface area contributed by atoms with Crippen molar-refractivity contribution in [3.05, 3.63) is 70.6 Å². The quantitative estimate of drug-likeness (QED) is 0.400. The summed E-state index contributed by atoms with van der Waals surface area (Å²) < 4.78 is 1.79. The zero-order chi connectivity index (χ0) is 27.2. The zero-order valence-electron chi connectivity index (χ0n) is 23.0. The summed E-state index contributed by atoms with van der Waals surface area (Å²) in [5.41, 5.74) is 5.96. The number of carbonyl (C=O) groups excluding carboxylic acids is 2. The summed E-state index contributed by atoms with van der Waals surface area (Å²) in [4.78, 5) is 35.1. The van der Waals surface area contributed by atoms with Gasteiger partial charge in [0.05, 0.1) is 28.7 Å². The predicted molar refractivity (Wildman–Crippen MR) is 151 cm³/mol. The number of aryl methyl sites for hydroxylation is 3. The monoisotopic (exact) mass is 514 g/mol. The number of nitrogens with one attached hydrogen (secondary N) is 2. The van der Waals surface area contributed by atoms with Gasteiger partial charge in [0.25, 0.3) is 11.8 Å². The Balaban J connectivity index is 1.53. The normalized spacial score (nSPS) is 17.8. The highest BCUT2D eigenvalue weighted by Crippen LogP contribution is 2.26. The molecule has 3 aromatic heterocycles. The molecule has 2 atom stereocenters. The van der Waals surface area contributed by atoms with Crippen LogP contribution in [0.4, 0.5) is 5.69 Å². The number of hydrogen-bond donors (Lipinski definition) is 2. The third kappa shape index (κ3) is 6.54. The molecule has 1 fully saturated rings. The molecule has 0 spiro atoms. The largest absolute Gasteiger partial charge is 0.349 e. The number of aromatic nitrogens is 4. The number of allylic oxidation sites excluding steroid dienone is 1. The van der Waals surface area contributed by atoms with Crippen molar-refractivity contribution in [3.63, 3.8) is 0 Å². The Morgan fingerprint density at radius 1 is 1.00 bits per heavy atom. The molecule has 0 bridgehead atoms. The first-order valence-corrected chi connectivity index (χ1v) is 13.5. The lowest BCUT2D eigenvalue weighted by molar-refractivity contribution is 0.0909. The maximum absolute atomic E-state index is 13.2. The van der Waals surface area contributed by atoms with Crippen LogP contribution in [0.3, 0.4) is 0 Å². The number of nitrogens with zero attached hydrogens (tertiary/aromatic N) is 4. The Morgan fingerprint density at radius 2 is 1.71 bits per heavy atom. The van der Waals surface area contributed by atoms with Crippen LogP contribution in [-0.4, -0.2) is 37.6 Å². The average molecular weight is 515 g/mol. The lowest BCUT2D eigenvalue weighted by Crippen LogP contribution is -2.41. The van der Waals surface area contributed by atoms with Crippen LogP contribution in [0.1, 0.15) is 95.6 Å². The molecule has 1 saturated carbocycles. The Bertz CT molecular complexity index is 1340. The van der Waals surface area contributed by atoms with E-state index >= 15 is 0 Å². The Kier molecular flexibility index (Phi) is 8.71. The van der Waals surface area contributed by atoms with Crippen molar-refractivity contribution in [1.29, 1.82) is 0 Å². The number of carbonyl (C=O) groups is 2. The van der Waals surface area contributed by atoms with E-state index in [1.165, 1.54) is 6.42 Å². The van der Waals surface area contributed by atoms with Crippen LogP contribution in [0.15, 0.2) is 36.9 Å². The van der Waals surface area contributed by atoms with Crippen LogP contribution >= 0.6 is 0 Å². The summed E-state index contributed by atoms with van der Waals surface area (Å²) in [6.45, 7) is 8.07. The van der Waals surface area contributed by atoms with Gasteiger partial charge in [0.15, 0.2) is 0 Å². The molecule has 38 heavy (non-hydrogen) atoms. The maximum Gasteiger partial charge on any atom is 0.257 e. The molecule has 0 aromatic carbocycles. The van der Waals surface area contributed by atoms with Gasteiger partial charge in [0.1, 0.15) is 0 Å². The smallest absolute Gasteiger partial charge is 0.257 e. The van der Waals surface area contributed by atoms with E-state index in [1.54, 1.807) is 23.1 Å². The van der Waals surface area contributed by atoms with Crippen molar-refractivity contribution in [2.24, 2.45) is 13.0 Å². The van der Waals surface area contributed by atoms with Crippen LogP contribution in [-0.2, 0) is 7.05 Å². The molecule has 4 rings (SSSR count). The summed E-state index contributed by atoms with van der Waals surface area (Å²) >= 11 is 0. The van der Waals surface area contributed by atoms with Crippen molar-refractivity contribution in [3.8, 4) is 0 Å². The van der Waals surface area contributed by atoms with E-state index in [0.717, 1.165) is 54.5 Å². The minimum Gasteiger partial charge on any atom is -0.349 e. The first kappa shape index (κ1) is 27.2. The highest BCUT2D eigenvalue weighted by molar-refractivity contribution is 6.05. The third-order valence-corrected chi connectivity index (χ3v) is 7.34. The fraction of sp³-hybridized carbons (Fsp3) is 0.433. The zero-order valence-corrected chi connectivity index (χ0v) is 23.0. The van der Waals surface area contributed by atoms with Crippen LogP contribution in [0.5, 0.6) is 0 Å². The molecular formula is C30H38N6O2. The van der Waals surface area contributed by atoms with Crippen molar-refractivity contribution in [1.82, 2.24) is 25.1 Å². The fourth-order valence-electron chi connectivity index (χ4n) is 4.93. The second-order valence-corrected chi connectivity index (χ2v) is 10.4. The first-order valence-electron chi connectivity index (χ1n) is 13.5. The van der Waals surface area contributed by atoms with Gasteiger partial charge in [-0.05, 0) is 68.4 Å². The molecule has 2 N–H and O–H groups in total. The van der Waals surface area contributed by atoms with E-state index in [1.807, 2.05) is 39.4 Å². The number of amides is 2. The fourth-order valence-corrected chi connectivity index (χ4v) is 4.93. The van der Waals surface area contributed by atoms with Crippen molar-refractivity contribution < 1.29 is 9.59 Å². The molecule has 0 radical (unpaired) electrons. The summed E-state index contributed by atoms with van der Waals surface area (Å²) in [6, 6.07) is 3.73. The van der Waals surface area contributed by atoms with Crippen molar-refractivity contribution in [2.45, 2.75) is 72.3 Å². The van der Waals surface area contributed by atoms with Crippen LogP contribution in [0, 0.1) is 19.8 Å². The molecule has 3 aromatic rings. The molecule has 2 unspecified atom stereocenters. The summed E-state index contributed by atoms with van der Waals surface area (Å²) in [5, 5.41) is 10.4. The van der Waals surface area contributed by atoms with E-state index in [4.69, 9.17) is 0 Å². The second-order valence-electron chi connectivity index (χ2n) is 10.4. The topological polar surface area (TPSA) is 102 Å². The van der Waals surface area contributed by atoms with E-state index < -0.39 is 0 Å². The van der Waals surface area contributed by atoms with E-state index in [0.29, 0.717) is 28.4 Å². The van der Waals surface area contributed by atoms with E-state index in [9.17, 15) is 9.59 Å². The SMILES string of the molecule is CCC/C(=C\c1cc(C(=O)Nc2cc(C(=O)NC3CCCCC3C)cnc2C)cnc1C)c1cnn(C)c1. The van der Waals surface area contributed by atoms with E-state index in [-0.39, 0.29) is 17.9 Å². The predicted octanol–water partition coefficient (Wildman–Crippen LogP) is 5.73. The van der Waals surface area contributed by atoms with Gasteiger partial charge in [-0.1, -0.05) is 33.1 Å². The number of hydrogen-bond acceptors (Lipinski definition) is 5. The number of anilines is 1. The minimum absolute atomic E-state index is 0.157. The maximum atomic E-state index is 13.2. The molecule has 8 nitrogen and oxygen atoms in total. The van der Waals surface area contributed by atoms with Gasteiger partial charge < -0.3 is 10.6 Å². The lowest BCUT2D eigenvalue weighted by Gasteiger charge is -2.29. The molecular weight excluding hydrogens is 476 g/mol. The van der Waals surface area contributed by atoms with Crippen LogP contribution in [0.25, 0.3) is 11.6 Å². The van der Waals surface area contributed by atoms with Gasteiger partial charge >= 0.3 is 0 Å².